The molecular formula is C29H37N3O5. The summed E-state index contributed by atoms with van der Waals surface area (Å²) in [6.07, 6.45) is 1.31. The van der Waals surface area contributed by atoms with Crippen molar-refractivity contribution in [3.8, 4) is 16.9 Å². The van der Waals surface area contributed by atoms with Crippen molar-refractivity contribution in [3.63, 3.8) is 0 Å². The van der Waals surface area contributed by atoms with Gasteiger partial charge in [0.2, 0.25) is 0 Å². The number of aromatic nitrogens is 1. The van der Waals surface area contributed by atoms with Crippen LogP contribution in [-0.2, 0) is 9.47 Å². The number of hydrogen-bond acceptors (Lipinski definition) is 6. The second kappa shape index (κ2) is 11.5. The zero-order valence-electron chi connectivity index (χ0n) is 22.7. The standard InChI is InChI=1S/C29H37N3O5/c1-19(2)17-29(6,32-27(34)37-28(3,4)5)18-36-24-13-12-21(22-10-8-9-11-23(22)24)20-14-15-30-25(16-20)31-26(33)35-7/h8-16,19H,17-18H2,1-7H3,(H,32,34)(H,30,31,33). The zero-order valence-corrected chi connectivity index (χ0v) is 22.7. The number of nitrogens with one attached hydrogen (secondary N) is 2. The van der Waals surface area contributed by atoms with E-state index in [9.17, 15) is 9.59 Å². The molecule has 0 aliphatic rings. The van der Waals surface area contributed by atoms with E-state index >= 15 is 0 Å². The van der Waals surface area contributed by atoms with Crippen LogP contribution in [0.5, 0.6) is 5.75 Å². The summed E-state index contributed by atoms with van der Waals surface area (Å²) in [5.74, 6) is 1.44. The predicted octanol–water partition coefficient (Wildman–Crippen LogP) is 6.79. The summed E-state index contributed by atoms with van der Waals surface area (Å²) in [5.41, 5.74) is 0.639. The Bertz CT molecular complexity index is 1250. The van der Waals surface area contributed by atoms with Gasteiger partial charge in [-0.1, -0.05) is 44.2 Å². The summed E-state index contributed by atoms with van der Waals surface area (Å²) in [7, 11) is 1.31. The van der Waals surface area contributed by atoms with Crippen LogP contribution in [0, 0.1) is 5.92 Å². The number of methoxy groups -OCH3 is 1. The number of amides is 2. The average Bonchev–Trinajstić information content (AvgIpc) is 2.80. The number of nitrogens with zero attached hydrogens (tertiary/aromatic N) is 1. The van der Waals surface area contributed by atoms with E-state index < -0.39 is 23.3 Å². The van der Waals surface area contributed by atoms with Crippen LogP contribution in [0.1, 0.15) is 48.0 Å². The molecule has 0 bridgehead atoms. The number of carbonyl (C=O) groups is 2. The van der Waals surface area contributed by atoms with E-state index in [4.69, 9.17) is 9.47 Å². The lowest BCUT2D eigenvalue weighted by molar-refractivity contribution is 0.0408. The van der Waals surface area contributed by atoms with Crippen LogP contribution < -0.4 is 15.4 Å². The topological polar surface area (TPSA) is 98.8 Å². The van der Waals surface area contributed by atoms with Gasteiger partial charge in [0.05, 0.1) is 12.6 Å². The first-order chi connectivity index (χ1) is 17.4. The van der Waals surface area contributed by atoms with E-state index in [1.54, 1.807) is 12.3 Å². The maximum absolute atomic E-state index is 12.6. The van der Waals surface area contributed by atoms with E-state index in [2.05, 4.69) is 34.2 Å². The number of pyridine rings is 1. The van der Waals surface area contributed by atoms with Gasteiger partial charge in [0.1, 0.15) is 23.8 Å². The number of anilines is 1. The van der Waals surface area contributed by atoms with Crippen LogP contribution in [0.25, 0.3) is 21.9 Å². The molecule has 3 aromatic rings. The van der Waals surface area contributed by atoms with E-state index in [0.717, 1.165) is 28.3 Å². The second-order valence-electron chi connectivity index (χ2n) is 10.8. The first kappa shape index (κ1) is 27.8. The number of ether oxygens (including phenoxy) is 3. The van der Waals surface area contributed by atoms with Crippen LogP contribution in [0.4, 0.5) is 15.4 Å². The van der Waals surface area contributed by atoms with Crippen LogP contribution in [0.15, 0.2) is 54.7 Å². The summed E-state index contributed by atoms with van der Waals surface area (Å²) in [6.45, 7) is 12.0. The highest BCUT2D eigenvalue weighted by Crippen LogP contribution is 2.35. The molecule has 0 spiro atoms. The lowest BCUT2D eigenvalue weighted by Crippen LogP contribution is -2.52. The van der Waals surface area contributed by atoms with Crippen LogP contribution in [0.3, 0.4) is 0 Å². The van der Waals surface area contributed by atoms with Crippen molar-refractivity contribution in [2.75, 3.05) is 19.0 Å². The van der Waals surface area contributed by atoms with Gasteiger partial charge in [0.15, 0.2) is 0 Å². The lowest BCUT2D eigenvalue weighted by atomic mass is 9.91. The van der Waals surface area contributed by atoms with Crippen molar-refractivity contribution < 1.29 is 23.8 Å². The number of rotatable bonds is 8. The van der Waals surface area contributed by atoms with E-state index in [1.165, 1.54) is 7.11 Å². The SMILES string of the molecule is COC(=O)Nc1cc(-c2ccc(OCC(C)(CC(C)C)NC(=O)OC(C)(C)C)c3ccccc23)ccn1. The summed E-state index contributed by atoms with van der Waals surface area (Å²) >= 11 is 0. The summed E-state index contributed by atoms with van der Waals surface area (Å²) < 4.78 is 16.5. The highest BCUT2D eigenvalue weighted by Gasteiger charge is 2.31. The average molecular weight is 508 g/mol. The van der Waals surface area contributed by atoms with E-state index in [0.29, 0.717) is 17.5 Å². The second-order valence-corrected chi connectivity index (χ2v) is 10.8. The Morgan fingerprint density at radius 2 is 1.68 bits per heavy atom. The monoisotopic (exact) mass is 507 g/mol. The van der Waals surface area contributed by atoms with Crippen molar-refractivity contribution in [2.24, 2.45) is 5.92 Å². The van der Waals surface area contributed by atoms with Gasteiger partial charge in [-0.05, 0) is 74.7 Å². The van der Waals surface area contributed by atoms with Crippen molar-refractivity contribution in [1.82, 2.24) is 10.3 Å². The van der Waals surface area contributed by atoms with E-state index in [1.807, 2.05) is 70.2 Å². The molecule has 2 N–H and O–H groups in total. The summed E-state index contributed by atoms with van der Waals surface area (Å²) in [5, 5.41) is 7.55. The number of fused-ring (bicyclic) bond motifs is 1. The first-order valence-corrected chi connectivity index (χ1v) is 12.4. The van der Waals surface area contributed by atoms with Gasteiger partial charge in [0, 0.05) is 11.6 Å². The summed E-state index contributed by atoms with van der Waals surface area (Å²) in [6, 6.07) is 15.5. The smallest absolute Gasteiger partial charge is 0.412 e. The molecule has 37 heavy (non-hydrogen) atoms. The molecule has 8 nitrogen and oxygen atoms in total. The Hall–Kier alpha value is -3.81. The molecule has 0 radical (unpaired) electrons. The van der Waals surface area contributed by atoms with Crippen LogP contribution in [0.2, 0.25) is 0 Å². The fourth-order valence-electron chi connectivity index (χ4n) is 4.31. The van der Waals surface area contributed by atoms with Crippen LogP contribution in [-0.4, -0.2) is 42.0 Å². The molecule has 1 heterocycles. The third-order valence-electron chi connectivity index (χ3n) is 5.58. The lowest BCUT2D eigenvalue weighted by Gasteiger charge is -2.33. The van der Waals surface area contributed by atoms with Crippen molar-refractivity contribution in [3.05, 3.63) is 54.7 Å². The maximum atomic E-state index is 12.6. The van der Waals surface area contributed by atoms with Crippen molar-refractivity contribution in [2.45, 2.75) is 59.1 Å². The third-order valence-corrected chi connectivity index (χ3v) is 5.58. The Balaban J connectivity index is 1.89. The molecule has 0 aliphatic heterocycles. The number of alkyl carbamates (subject to hydrolysis) is 1. The minimum atomic E-state index is -0.629. The highest BCUT2D eigenvalue weighted by atomic mass is 16.6. The molecule has 1 unspecified atom stereocenters. The molecule has 198 valence electrons. The fourth-order valence-corrected chi connectivity index (χ4v) is 4.31. The van der Waals surface area contributed by atoms with Gasteiger partial charge in [-0.2, -0.15) is 0 Å². The van der Waals surface area contributed by atoms with Gasteiger partial charge in [0.25, 0.3) is 0 Å². The largest absolute Gasteiger partial charge is 0.491 e. The normalized spacial score (nSPS) is 13.1. The van der Waals surface area contributed by atoms with Crippen molar-refractivity contribution in [1.29, 1.82) is 0 Å². The number of hydrogen-bond donors (Lipinski definition) is 2. The third kappa shape index (κ3) is 7.84. The Kier molecular flexibility index (Phi) is 8.63. The molecule has 8 heteroatoms. The predicted molar refractivity (Wildman–Crippen MR) is 146 cm³/mol. The molecule has 0 saturated heterocycles. The zero-order chi connectivity index (χ0) is 27.2. The molecule has 2 aromatic carbocycles. The van der Waals surface area contributed by atoms with Crippen molar-refractivity contribution >= 4 is 28.8 Å². The number of benzene rings is 2. The van der Waals surface area contributed by atoms with Gasteiger partial charge in [-0.25, -0.2) is 14.6 Å². The molecule has 1 aromatic heterocycles. The molecule has 0 saturated carbocycles. The van der Waals surface area contributed by atoms with Gasteiger partial charge in [-0.15, -0.1) is 0 Å². The van der Waals surface area contributed by atoms with Gasteiger partial charge >= 0.3 is 12.2 Å². The molecule has 0 fully saturated rings. The maximum Gasteiger partial charge on any atom is 0.412 e. The molecule has 0 aliphatic carbocycles. The Morgan fingerprint density at radius 1 is 0.973 bits per heavy atom. The molecular weight excluding hydrogens is 470 g/mol. The van der Waals surface area contributed by atoms with Crippen LogP contribution >= 0.6 is 0 Å². The molecule has 1 atom stereocenters. The van der Waals surface area contributed by atoms with Gasteiger partial charge < -0.3 is 19.5 Å². The van der Waals surface area contributed by atoms with E-state index in [-0.39, 0.29) is 6.61 Å². The summed E-state index contributed by atoms with van der Waals surface area (Å²) in [4.78, 5) is 28.4. The molecule has 3 rings (SSSR count). The Labute approximate surface area is 218 Å². The van der Waals surface area contributed by atoms with Gasteiger partial charge in [-0.3, -0.25) is 5.32 Å². The quantitative estimate of drug-likeness (QED) is 0.348. The molecule has 2 amide bonds. The Morgan fingerprint density at radius 3 is 2.32 bits per heavy atom. The first-order valence-electron chi connectivity index (χ1n) is 12.4. The highest BCUT2D eigenvalue weighted by molar-refractivity contribution is 6.00. The fraction of sp³-hybridized carbons (Fsp3) is 0.414. The number of carbonyl (C=O) groups excluding carboxylic acids is 2. The minimum Gasteiger partial charge on any atom is -0.491 e. The minimum absolute atomic E-state index is 0.274.